The van der Waals surface area contributed by atoms with E-state index in [-0.39, 0.29) is 12.6 Å². The predicted octanol–water partition coefficient (Wildman–Crippen LogP) is 5.90. The standard InChI is InChI=1S/C29H27Cl2FN8O2/c1-14-28(35-27-25(33-14)24(36-37-27)17-9-10-18-21(22(17)30)26(31)39(2)38-18)40-16-8-11-20(40)23(32)19(12-16)34-29(41)42-13-15-6-4-3-5-7-15/h3-7,9-10,16,19-20,23H,8,11-13H2,1-2H3,(H,34,41)(H,35,36,37)/t16-,19-,20+,23-/m0/s1. The molecule has 10 nitrogen and oxygen atoms in total. The Balaban J connectivity index is 1.13. The number of anilines is 1. The number of carbonyl (C=O) groups excluding carboxylic acids is 1. The number of halogens is 3. The Morgan fingerprint density at radius 1 is 1.17 bits per heavy atom. The van der Waals surface area contributed by atoms with Crippen molar-refractivity contribution in [1.82, 2.24) is 35.3 Å². The first-order valence-electron chi connectivity index (χ1n) is 13.7. The molecule has 7 rings (SSSR count). The molecular formula is C29H27Cl2FN8O2. The highest BCUT2D eigenvalue weighted by atomic mass is 35.5. The van der Waals surface area contributed by atoms with Crippen LogP contribution in [-0.4, -0.2) is 60.3 Å². The van der Waals surface area contributed by atoms with Gasteiger partial charge in [0.25, 0.3) is 0 Å². The molecule has 4 atom stereocenters. The van der Waals surface area contributed by atoms with Crippen molar-refractivity contribution in [3.05, 3.63) is 63.9 Å². The van der Waals surface area contributed by atoms with E-state index in [0.717, 1.165) is 12.0 Å². The van der Waals surface area contributed by atoms with Crippen molar-refractivity contribution in [3.8, 4) is 11.3 Å². The normalized spacial score (nSPS) is 21.8. The number of alkyl carbamates (subject to hydrolysis) is 1. The number of hydrogen-bond acceptors (Lipinski definition) is 7. The molecule has 5 aromatic rings. The highest BCUT2D eigenvalue weighted by Gasteiger charge is 2.49. The SMILES string of the molecule is Cc1nc2c(-c3ccc4nn(C)c(Cl)c4c3Cl)n[nH]c2nc1N1[C@H]2CC[C@@H]1[C@@H](F)[C@@H](NC(=O)OCc1ccccc1)C2. The Labute approximate surface area is 250 Å². The highest BCUT2D eigenvalue weighted by Crippen LogP contribution is 2.43. The van der Waals surface area contributed by atoms with E-state index in [1.165, 1.54) is 0 Å². The summed E-state index contributed by atoms with van der Waals surface area (Å²) >= 11 is 13.2. The third kappa shape index (κ3) is 4.42. The summed E-state index contributed by atoms with van der Waals surface area (Å²) in [6.45, 7) is 1.99. The lowest BCUT2D eigenvalue weighted by Gasteiger charge is -2.42. The van der Waals surface area contributed by atoms with Crippen LogP contribution >= 0.6 is 23.2 Å². The van der Waals surface area contributed by atoms with Crippen LogP contribution in [0, 0.1) is 6.92 Å². The summed E-state index contributed by atoms with van der Waals surface area (Å²) in [6.07, 6.45) is -0.0366. The maximum absolute atomic E-state index is 15.9. The molecule has 2 bridgehead atoms. The van der Waals surface area contributed by atoms with Gasteiger partial charge in [-0.25, -0.2) is 19.2 Å². The molecule has 0 radical (unpaired) electrons. The Hall–Kier alpha value is -3.96. The first-order chi connectivity index (χ1) is 20.3. The zero-order valence-corrected chi connectivity index (χ0v) is 24.3. The fourth-order valence-electron chi connectivity index (χ4n) is 6.28. The van der Waals surface area contributed by atoms with E-state index in [0.29, 0.717) is 67.9 Å². The minimum Gasteiger partial charge on any atom is -0.445 e. The molecule has 0 saturated carbocycles. The number of nitrogens with one attached hydrogen (secondary N) is 2. The van der Waals surface area contributed by atoms with Crippen LogP contribution in [0.2, 0.25) is 10.2 Å². The molecule has 2 fully saturated rings. The van der Waals surface area contributed by atoms with E-state index >= 15 is 4.39 Å². The molecule has 2 aromatic carbocycles. The van der Waals surface area contributed by atoms with Gasteiger partial charge in [-0.3, -0.25) is 9.78 Å². The van der Waals surface area contributed by atoms with Crippen LogP contribution in [0.4, 0.5) is 15.0 Å². The number of hydrogen-bond donors (Lipinski definition) is 2. The van der Waals surface area contributed by atoms with Gasteiger partial charge in [-0.05, 0) is 43.9 Å². The van der Waals surface area contributed by atoms with Gasteiger partial charge in [0.2, 0.25) is 0 Å². The van der Waals surface area contributed by atoms with E-state index in [4.69, 9.17) is 37.9 Å². The minimum atomic E-state index is -1.29. The molecular weight excluding hydrogens is 582 g/mol. The van der Waals surface area contributed by atoms with E-state index in [9.17, 15) is 4.79 Å². The largest absolute Gasteiger partial charge is 0.445 e. The Bertz CT molecular complexity index is 1830. The molecule has 3 aromatic heterocycles. The van der Waals surface area contributed by atoms with Gasteiger partial charge < -0.3 is 15.0 Å². The number of alkyl halides is 1. The van der Waals surface area contributed by atoms with Gasteiger partial charge in [-0.15, -0.1) is 0 Å². The second-order valence-corrected chi connectivity index (χ2v) is 11.6. The van der Waals surface area contributed by atoms with Crippen LogP contribution in [0.3, 0.4) is 0 Å². The minimum absolute atomic E-state index is 0.00107. The molecule has 216 valence electrons. The molecule has 5 heterocycles. The molecule has 0 spiro atoms. The lowest BCUT2D eigenvalue weighted by molar-refractivity contribution is 0.117. The van der Waals surface area contributed by atoms with Gasteiger partial charge in [0.05, 0.1) is 33.7 Å². The first-order valence-corrected chi connectivity index (χ1v) is 14.5. The molecule has 0 aliphatic carbocycles. The van der Waals surface area contributed by atoms with Crippen LogP contribution in [-0.2, 0) is 18.4 Å². The Kier molecular flexibility index (Phi) is 6.66. The van der Waals surface area contributed by atoms with Gasteiger partial charge in [0, 0.05) is 18.7 Å². The average Bonchev–Trinajstić information content (AvgIpc) is 3.63. The molecule has 2 aliphatic rings. The summed E-state index contributed by atoms with van der Waals surface area (Å²) in [5.41, 5.74) is 4.43. The number of ether oxygens (including phenoxy) is 1. The van der Waals surface area contributed by atoms with Crippen molar-refractivity contribution in [3.63, 3.8) is 0 Å². The third-order valence-corrected chi connectivity index (χ3v) is 9.08. The summed E-state index contributed by atoms with van der Waals surface area (Å²) in [5, 5.41) is 16.1. The smallest absolute Gasteiger partial charge is 0.407 e. The molecule has 2 saturated heterocycles. The average molecular weight is 609 g/mol. The molecule has 1 amide bonds. The number of aromatic amines is 1. The summed E-state index contributed by atoms with van der Waals surface area (Å²) in [7, 11) is 1.75. The summed E-state index contributed by atoms with van der Waals surface area (Å²) in [6, 6.07) is 12.0. The van der Waals surface area contributed by atoms with Gasteiger partial charge in [-0.2, -0.15) is 10.2 Å². The lowest BCUT2D eigenvalue weighted by Crippen LogP contribution is -2.58. The van der Waals surface area contributed by atoms with Crippen molar-refractivity contribution in [2.45, 2.75) is 57.1 Å². The molecule has 42 heavy (non-hydrogen) atoms. The molecule has 2 N–H and O–H groups in total. The maximum Gasteiger partial charge on any atom is 0.407 e. The maximum atomic E-state index is 15.9. The second-order valence-electron chi connectivity index (χ2n) is 10.8. The van der Waals surface area contributed by atoms with Gasteiger partial charge >= 0.3 is 6.09 Å². The van der Waals surface area contributed by atoms with E-state index in [1.54, 1.807) is 11.7 Å². The van der Waals surface area contributed by atoms with Crippen molar-refractivity contribution in [2.75, 3.05) is 4.90 Å². The number of aryl methyl sites for hydroxylation is 2. The van der Waals surface area contributed by atoms with Crippen LogP contribution in [0.1, 0.15) is 30.5 Å². The molecule has 13 heteroatoms. The number of aromatic nitrogens is 6. The fourth-order valence-corrected chi connectivity index (χ4v) is 6.89. The predicted molar refractivity (Wildman–Crippen MR) is 159 cm³/mol. The number of carbonyl (C=O) groups is 1. The van der Waals surface area contributed by atoms with Gasteiger partial charge in [0.15, 0.2) is 11.5 Å². The molecule has 0 unspecified atom stereocenters. The number of H-pyrrole nitrogens is 1. The van der Waals surface area contributed by atoms with Gasteiger partial charge in [0.1, 0.15) is 29.1 Å². The topological polar surface area (TPSA) is 114 Å². The third-order valence-electron chi connectivity index (χ3n) is 8.25. The fraction of sp³-hybridized carbons (Fsp3) is 0.345. The number of piperidine rings is 1. The van der Waals surface area contributed by atoms with Crippen molar-refractivity contribution in [1.29, 1.82) is 0 Å². The number of benzene rings is 2. The quantitative estimate of drug-likeness (QED) is 0.255. The highest BCUT2D eigenvalue weighted by molar-refractivity contribution is 6.43. The van der Waals surface area contributed by atoms with Crippen molar-refractivity contribution in [2.24, 2.45) is 7.05 Å². The molecule has 2 aliphatic heterocycles. The first kappa shape index (κ1) is 26.9. The Morgan fingerprint density at radius 3 is 2.79 bits per heavy atom. The number of amides is 1. The Morgan fingerprint density at radius 2 is 1.98 bits per heavy atom. The van der Waals surface area contributed by atoms with E-state index in [2.05, 4.69) is 20.6 Å². The van der Waals surface area contributed by atoms with Gasteiger partial charge in [-0.1, -0.05) is 53.5 Å². The summed E-state index contributed by atoms with van der Waals surface area (Å²) in [4.78, 5) is 24.2. The lowest BCUT2D eigenvalue weighted by atomic mass is 9.95. The zero-order chi connectivity index (χ0) is 29.1. The van der Waals surface area contributed by atoms with Crippen molar-refractivity contribution < 1.29 is 13.9 Å². The number of rotatable bonds is 5. The van der Waals surface area contributed by atoms with E-state index < -0.39 is 24.3 Å². The van der Waals surface area contributed by atoms with Crippen LogP contribution in [0.5, 0.6) is 0 Å². The number of nitrogens with zero attached hydrogens (tertiary/aromatic N) is 6. The summed E-state index contributed by atoms with van der Waals surface area (Å²) < 4.78 is 22.8. The zero-order valence-electron chi connectivity index (χ0n) is 22.8. The monoisotopic (exact) mass is 608 g/mol. The summed E-state index contributed by atoms with van der Waals surface area (Å²) in [5.74, 6) is 0.606. The second kappa shape index (κ2) is 10.4. The van der Waals surface area contributed by atoms with E-state index in [1.807, 2.05) is 54.3 Å². The van der Waals surface area contributed by atoms with Crippen molar-refractivity contribution >= 4 is 57.2 Å². The number of fused-ring (bicyclic) bond motifs is 4. The van der Waals surface area contributed by atoms with Crippen LogP contribution in [0.15, 0.2) is 42.5 Å². The van der Waals surface area contributed by atoms with Crippen LogP contribution in [0.25, 0.3) is 33.3 Å². The van der Waals surface area contributed by atoms with Crippen LogP contribution < -0.4 is 10.2 Å².